The Kier molecular flexibility index (Phi) is 5.22. The van der Waals surface area contributed by atoms with E-state index >= 15 is 0 Å². The average Bonchev–Trinajstić information content (AvgIpc) is 3.18. The number of carbonyl (C=O) groups is 2. The van der Waals surface area contributed by atoms with E-state index in [1.165, 1.54) is 20.3 Å². The SMILES string of the molecule is COc1cc2ccccc2cc1C(=O)O[C@@H](C)C(=O)NCc1ccco1. The van der Waals surface area contributed by atoms with Crippen LogP contribution in [-0.2, 0) is 16.1 Å². The van der Waals surface area contributed by atoms with Gasteiger partial charge in [0.2, 0.25) is 0 Å². The summed E-state index contributed by atoms with van der Waals surface area (Å²) < 4.78 is 15.7. The third kappa shape index (κ3) is 3.85. The zero-order valence-corrected chi connectivity index (χ0v) is 14.5. The molecule has 0 aliphatic rings. The van der Waals surface area contributed by atoms with E-state index in [-0.39, 0.29) is 12.1 Å². The molecule has 0 aliphatic heterocycles. The number of furan rings is 1. The Labute approximate surface area is 150 Å². The zero-order chi connectivity index (χ0) is 18.5. The van der Waals surface area contributed by atoms with Crippen LogP contribution >= 0.6 is 0 Å². The molecule has 6 nitrogen and oxygen atoms in total. The van der Waals surface area contributed by atoms with E-state index in [0.29, 0.717) is 11.5 Å². The second kappa shape index (κ2) is 7.74. The van der Waals surface area contributed by atoms with Crippen molar-refractivity contribution in [2.75, 3.05) is 7.11 Å². The van der Waals surface area contributed by atoms with Crippen LogP contribution in [0.3, 0.4) is 0 Å². The van der Waals surface area contributed by atoms with E-state index in [1.54, 1.807) is 24.3 Å². The Morgan fingerprint density at radius 3 is 2.50 bits per heavy atom. The average molecular weight is 353 g/mol. The number of rotatable bonds is 6. The molecule has 0 radical (unpaired) electrons. The monoisotopic (exact) mass is 353 g/mol. The highest BCUT2D eigenvalue weighted by Gasteiger charge is 2.22. The highest BCUT2D eigenvalue weighted by atomic mass is 16.5. The van der Waals surface area contributed by atoms with Crippen LogP contribution in [0.2, 0.25) is 0 Å². The third-order valence-corrected chi connectivity index (χ3v) is 3.96. The lowest BCUT2D eigenvalue weighted by Gasteiger charge is -2.15. The number of nitrogens with one attached hydrogen (secondary N) is 1. The topological polar surface area (TPSA) is 77.8 Å². The van der Waals surface area contributed by atoms with Gasteiger partial charge in [0.1, 0.15) is 17.1 Å². The third-order valence-electron chi connectivity index (χ3n) is 3.96. The van der Waals surface area contributed by atoms with Gasteiger partial charge < -0.3 is 19.2 Å². The number of methoxy groups -OCH3 is 1. The van der Waals surface area contributed by atoms with Crippen molar-refractivity contribution in [3.63, 3.8) is 0 Å². The van der Waals surface area contributed by atoms with Crippen molar-refractivity contribution in [2.45, 2.75) is 19.6 Å². The Morgan fingerprint density at radius 1 is 1.12 bits per heavy atom. The lowest BCUT2D eigenvalue weighted by atomic mass is 10.1. The van der Waals surface area contributed by atoms with Crippen molar-refractivity contribution in [1.29, 1.82) is 0 Å². The van der Waals surface area contributed by atoms with Gasteiger partial charge in [0.05, 0.1) is 19.9 Å². The van der Waals surface area contributed by atoms with E-state index in [4.69, 9.17) is 13.9 Å². The van der Waals surface area contributed by atoms with Gasteiger partial charge in [-0.2, -0.15) is 0 Å². The summed E-state index contributed by atoms with van der Waals surface area (Å²) in [4.78, 5) is 24.6. The minimum Gasteiger partial charge on any atom is -0.496 e. The smallest absolute Gasteiger partial charge is 0.342 e. The fourth-order valence-electron chi connectivity index (χ4n) is 2.56. The number of carbonyl (C=O) groups excluding carboxylic acids is 2. The lowest BCUT2D eigenvalue weighted by Crippen LogP contribution is -2.35. The zero-order valence-electron chi connectivity index (χ0n) is 14.5. The van der Waals surface area contributed by atoms with Crippen molar-refractivity contribution < 1.29 is 23.5 Å². The largest absolute Gasteiger partial charge is 0.496 e. The van der Waals surface area contributed by atoms with Gasteiger partial charge in [0, 0.05) is 0 Å². The number of benzene rings is 2. The number of esters is 1. The number of hydrogen-bond acceptors (Lipinski definition) is 5. The molecule has 0 spiro atoms. The second-order valence-corrected chi connectivity index (χ2v) is 5.74. The Hall–Kier alpha value is -3.28. The van der Waals surface area contributed by atoms with E-state index in [0.717, 1.165) is 10.8 Å². The van der Waals surface area contributed by atoms with Crippen LogP contribution in [-0.4, -0.2) is 25.1 Å². The maximum Gasteiger partial charge on any atom is 0.342 e. The van der Waals surface area contributed by atoms with Gasteiger partial charge >= 0.3 is 5.97 Å². The van der Waals surface area contributed by atoms with Crippen LogP contribution in [0.5, 0.6) is 5.75 Å². The molecule has 2 aromatic carbocycles. The number of amides is 1. The number of fused-ring (bicyclic) bond motifs is 1. The molecular formula is C20H19NO5. The van der Waals surface area contributed by atoms with Crippen molar-refractivity contribution in [3.05, 3.63) is 66.1 Å². The van der Waals surface area contributed by atoms with Gasteiger partial charge in [-0.1, -0.05) is 24.3 Å². The molecular weight excluding hydrogens is 334 g/mol. The summed E-state index contributed by atoms with van der Waals surface area (Å²) in [5.74, 6) is -0.00673. The molecule has 3 aromatic rings. The maximum absolute atomic E-state index is 12.5. The van der Waals surface area contributed by atoms with Crippen LogP contribution in [0.25, 0.3) is 10.8 Å². The van der Waals surface area contributed by atoms with E-state index in [9.17, 15) is 9.59 Å². The first-order valence-corrected chi connectivity index (χ1v) is 8.16. The highest BCUT2D eigenvalue weighted by Crippen LogP contribution is 2.26. The van der Waals surface area contributed by atoms with Crippen molar-refractivity contribution in [3.8, 4) is 5.75 Å². The Balaban J connectivity index is 1.70. The quantitative estimate of drug-likeness (QED) is 0.688. The van der Waals surface area contributed by atoms with Crippen LogP contribution in [0.1, 0.15) is 23.0 Å². The summed E-state index contributed by atoms with van der Waals surface area (Å²) in [6.07, 6.45) is 0.574. The standard InChI is InChI=1S/C20H19NO5/c1-13(19(22)21-12-16-8-5-9-25-16)26-20(23)17-10-14-6-3-4-7-15(14)11-18(17)24-2/h3-11,13H,12H2,1-2H3,(H,21,22)/t13-/m0/s1. The first-order valence-electron chi connectivity index (χ1n) is 8.16. The molecule has 26 heavy (non-hydrogen) atoms. The number of hydrogen-bond donors (Lipinski definition) is 1. The molecule has 0 aliphatic carbocycles. The molecule has 1 atom stereocenters. The molecule has 0 bridgehead atoms. The summed E-state index contributed by atoms with van der Waals surface area (Å²) in [6.45, 7) is 1.75. The minimum atomic E-state index is -0.950. The lowest BCUT2D eigenvalue weighted by molar-refractivity contribution is -0.129. The molecule has 1 N–H and O–H groups in total. The molecule has 0 fully saturated rings. The summed E-state index contributed by atoms with van der Waals surface area (Å²) in [6, 6.07) is 14.6. The summed E-state index contributed by atoms with van der Waals surface area (Å²) in [5.41, 5.74) is 0.275. The molecule has 1 aromatic heterocycles. The summed E-state index contributed by atoms with van der Waals surface area (Å²) in [5, 5.41) is 4.49. The molecule has 0 saturated heterocycles. The Morgan fingerprint density at radius 2 is 1.85 bits per heavy atom. The maximum atomic E-state index is 12.5. The predicted octanol–water partition coefficient (Wildman–Crippen LogP) is 3.30. The molecule has 3 rings (SSSR count). The van der Waals surface area contributed by atoms with Crippen molar-refractivity contribution >= 4 is 22.6 Å². The molecule has 1 amide bonds. The molecule has 1 heterocycles. The van der Waals surface area contributed by atoms with Crippen LogP contribution in [0.4, 0.5) is 0 Å². The van der Waals surface area contributed by atoms with Gasteiger partial charge in [-0.05, 0) is 42.0 Å². The van der Waals surface area contributed by atoms with Gasteiger partial charge in [-0.3, -0.25) is 4.79 Å². The molecule has 6 heteroatoms. The van der Waals surface area contributed by atoms with Gasteiger partial charge in [0.15, 0.2) is 6.10 Å². The summed E-state index contributed by atoms with van der Waals surface area (Å²) in [7, 11) is 1.49. The van der Waals surface area contributed by atoms with Gasteiger partial charge in [-0.25, -0.2) is 4.79 Å². The van der Waals surface area contributed by atoms with Crippen LogP contribution in [0.15, 0.2) is 59.2 Å². The fourth-order valence-corrected chi connectivity index (χ4v) is 2.56. The van der Waals surface area contributed by atoms with Crippen molar-refractivity contribution in [2.24, 2.45) is 0 Å². The Bertz CT molecular complexity index is 917. The predicted molar refractivity (Wildman–Crippen MR) is 95.9 cm³/mol. The molecule has 0 saturated carbocycles. The van der Waals surface area contributed by atoms with Crippen molar-refractivity contribution in [1.82, 2.24) is 5.32 Å². The van der Waals surface area contributed by atoms with E-state index in [2.05, 4.69) is 5.32 Å². The van der Waals surface area contributed by atoms with Gasteiger partial charge in [0.25, 0.3) is 5.91 Å². The van der Waals surface area contributed by atoms with E-state index < -0.39 is 18.0 Å². The summed E-state index contributed by atoms with van der Waals surface area (Å²) >= 11 is 0. The fraction of sp³-hybridized carbons (Fsp3) is 0.200. The first kappa shape index (κ1) is 17.5. The number of ether oxygens (including phenoxy) is 2. The normalized spacial score (nSPS) is 11.8. The highest BCUT2D eigenvalue weighted by molar-refractivity contribution is 5.99. The van der Waals surface area contributed by atoms with Crippen LogP contribution < -0.4 is 10.1 Å². The molecule has 0 unspecified atom stereocenters. The van der Waals surface area contributed by atoms with Gasteiger partial charge in [-0.15, -0.1) is 0 Å². The molecule has 134 valence electrons. The second-order valence-electron chi connectivity index (χ2n) is 5.74. The minimum absolute atomic E-state index is 0.229. The first-order chi connectivity index (χ1) is 12.6. The van der Waals surface area contributed by atoms with E-state index in [1.807, 2.05) is 24.3 Å². The van der Waals surface area contributed by atoms with Crippen LogP contribution in [0, 0.1) is 0 Å².